The molecule has 0 unspecified atom stereocenters. The first-order valence-corrected chi connectivity index (χ1v) is 7.56. The Morgan fingerprint density at radius 1 is 1.16 bits per heavy atom. The Morgan fingerprint density at radius 2 is 1.92 bits per heavy atom. The van der Waals surface area contributed by atoms with E-state index in [1.165, 1.54) is 19.4 Å². The van der Waals surface area contributed by atoms with Crippen LogP contribution in [0.25, 0.3) is 11.4 Å². The van der Waals surface area contributed by atoms with E-state index in [1.54, 1.807) is 13.0 Å². The minimum Gasteiger partial charge on any atom is -0.464 e. The standard InChI is InChI=1S/C18H16N4O3/c1-11-10-14(15(20-11)18(24)25-2)22-17(23)13-8-9-19-16(21-13)12-6-4-3-5-7-12/h3-10,20H,1-2H3,(H,22,23). The molecule has 0 bridgehead atoms. The van der Waals surface area contributed by atoms with Gasteiger partial charge in [-0.3, -0.25) is 4.79 Å². The first kappa shape index (κ1) is 16.4. The Morgan fingerprint density at radius 3 is 2.64 bits per heavy atom. The van der Waals surface area contributed by atoms with Crippen molar-refractivity contribution in [2.24, 2.45) is 0 Å². The van der Waals surface area contributed by atoms with Crippen molar-refractivity contribution in [3.05, 3.63) is 65.7 Å². The summed E-state index contributed by atoms with van der Waals surface area (Å²) in [6.45, 7) is 1.78. The van der Waals surface area contributed by atoms with Gasteiger partial charge in [0.1, 0.15) is 11.4 Å². The highest BCUT2D eigenvalue weighted by atomic mass is 16.5. The number of rotatable bonds is 4. The van der Waals surface area contributed by atoms with Crippen molar-refractivity contribution < 1.29 is 14.3 Å². The van der Waals surface area contributed by atoms with Crippen LogP contribution in [0.1, 0.15) is 26.7 Å². The van der Waals surface area contributed by atoms with Crippen LogP contribution in [-0.2, 0) is 4.74 Å². The van der Waals surface area contributed by atoms with E-state index < -0.39 is 11.9 Å². The number of anilines is 1. The molecule has 0 atom stereocenters. The summed E-state index contributed by atoms with van der Waals surface area (Å²) in [4.78, 5) is 35.6. The number of ether oxygens (including phenoxy) is 1. The first-order valence-electron chi connectivity index (χ1n) is 7.56. The Hall–Kier alpha value is -3.48. The lowest BCUT2D eigenvalue weighted by Crippen LogP contribution is -2.16. The number of methoxy groups -OCH3 is 1. The van der Waals surface area contributed by atoms with Crippen LogP contribution in [0.4, 0.5) is 5.69 Å². The number of nitrogens with zero attached hydrogens (tertiary/aromatic N) is 2. The van der Waals surface area contributed by atoms with Crippen molar-refractivity contribution in [2.45, 2.75) is 6.92 Å². The van der Waals surface area contributed by atoms with Crippen LogP contribution in [0.15, 0.2) is 48.7 Å². The fraction of sp³-hybridized carbons (Fsp3) is 0.111. The number of aromatic amines is 1. The van der Waals surface area contributed by atoms with Gasteiger partial charge in [-0.05, 0) is 19.1 Å². The van der Waals surface area contributed by atoms with E-state index in [-0.39, 0.29) is 11.4 Å². The number of carbonyl (C=O) groups excluding carboxylic acids is 2. The molecule has 126 valence electrons. The normalized spacial score (nSPS) is 10.3. The van der Waals surface area contributed by atoms with E-state index in [4.69, 9.17) is 4.74 Å². The van der Waals surface area contributed by atoms with Crippen molar-refractivity contribution in [1.82, 2.24) is 15.0 Å². The summed E-state index contributed by atoms with van der Waals surface area (Å²) in [5.41, 5.74) is 2.26. The highest BCUT2D eigenvalue weighted by Crippen LogP contribution is 2.19. The fourth-order valence-corrected chi connectivity index (χ4v) is 2.35. The quantitative estimate of drug-likeness (QED) is 0.714. The highest BCUT2D eigenvalue weighted by Gasteiger charge is 2.18. The summed E-state index contributed by atoms with van der Waals surface area (Å²) in [7, 11) is 1.28. The molecule has 1 amide bonds. The van der Waals surface area contributed by atoms with Crippen LogP contribution in [0.2, 0.25) is 0 Å². The van der Waals surface area contributed by atoms with Gasteiger partial charge in [0.15, 0.2) is 5.82 Å². The van der Waals surface area contributed by atoms with E-state index in [0.717, 1.165) is 11.3 Å². The van der Waals surface area contributed by atoms with Crippen LogP contribution in [0, 0.1) is 6.92 Å². The average Bonchev–Trinajstić information content (AvgIpc) is 3.02. The molecule has 2 heterocycles. The Bertz CT molecular complexity index is 919. The molecule has 1 aromatic carbocycles. The molecule has 3 rings (SSSR count). The van der Waals surface area contributed by atoms with E-state index >= 15 is 0 Å². The molecule has 0 fully saturated rings. The number of aryl methyl sites for hydroxylation is 1. The van der Waals surface area contributed by atoms with E-state index in [1.807, 2.05) is 30.3 Å². The second-order valence-electron chi connectivity index (χ2n) is 5.32. The van der Waals surface area contributed by atoms with Crippen molar-refractivity contribution >= 4 is 17.6 Å². The van der Waals surface area contributed by atoms with Gasteiger partial charge in [-0.2, -0.15) is 0 Å². The average molecular weight is 336 g/mol. The number of esters is 1. The van der Waals surface area contributed by atoms with Crippen molar-refractivity contribution in [1.29, 1.82) is 0 Å². The van der Waals surface area contributed by atoms with Crippen molar-refractivity contribution in [3.8, 4) is 11.4 Å². The third kappa shape index (κ3) is 3.55. The lowest BCUT2D eigenvalue weighted by molar-refractivity contribution is 0.0596. The predicted octanol–water partition coefficient (Wildman–Crippen LogP) is 2.82. The Labute approximate surface area is 144 Å². The number of H-pyrrole nitrogens is 1. The topological polar surface area (TPSA) is 97.0 Å². The summed E-state index contributed by atoms with van der Waals surface area (Å²) in [5, 5.41) is 2.68. The molecule has 25 heavy (non-hydrogen) atoms. The van der Waals surface area contributed by atoms with Crippen LogP contribution < -0.4 is 5.32 Å². The molecule has 0 spiro atoms. The Balaban J connectivity index is 1.87. The maximum atomic E-state index is 12.5. The molecule has 7 heteroatoms. The zero-order chi connectivity index (χ0) is 17.8. The summed E-state index contributed by atoms with van der Waals surface area (Å²) in [6, 6.07) is 12.5. The van der Waals surface area contributed by atoms with Crippen molar-refractivity contribution in [3.63, 3.8) is 0 Å². The maximum absolute atomic E-state index is 12.5. The van der Waals surface area contributed by atoms with Gasteiger partial charge in [0.25, 0.3) is 5.91 Å². The highest BCUT2D eigenvalue weighted by molar-refractivity contribution is 6.06. The van der Waals surface area contributed by atoms with Gasteiger partial charge in [-0.25, -0.2) is 14.8 Å². The van der Waals surface area contributed by atoms with Gasteiger partial charge in [-0.1, -0.05) is 30.3 Å². The predicted molar refractivity (Wildman–Crippen MR) is 92.3 cm³/mol. The monoisotopic (exact) mass is 336 g/mol. The molecule has 0 aliphatic rings. The molecule has 3 aromatic rings. The van der Waals surface area contributed by atoms with Crippen LogP contribution in [0.5, 0.6) is 0 Å². The van der Waals surface area contributed by atoms with Gasteiger partial charge in [0, 0.05) is 17.5 Å². The largest absolute Gasteiger partial charge is 0.464 e. The molecule has 2 N–H and O–H groups in total. The van der Waals surface area contributed by atoms with Crippen LogP contribution >= 0.6 is 0 Å². The third-order valence-corrected chi connectivity index (χ3v) is 3.51. The van der Waals surface area contributed by atoms with Gasteiger partial charge in [0.05, 0.1) is 12.8 Å². The SMILES string of the molecule is COC(=O)c1[nH]c(C)cc1NC(=O)c1ccnc(-c2ccccc2)n1. The number of benzene rings is 1. The van der Waals surface area contributed by atoms with E-state index in [9.17, 15) is 9.59 Å². The molecule has 0 saturated heterocycles. The first-order chi connectivity index (χ1) is 12.1. The summed E-state index contributed by atoms with van der Waals surface area (Å²) >= 11 is 0. The van der Waals surface area contributed by atoms with E-state index in [0.29, 0.717) is 11.5 Å². The zero-order valence-corrected chi connectivity index (χ0v) is 13.7. The molecule has 0 radical (unpaired) electrons. The molecular formula is C18H16N4O3. The van der Waals surface area contributed by atoms with Crippen LogP contribution in [0.3, 0.4) is 0 Å². The number of carbonyl (C=O) groups is 2. The number of hydrogen-bond acceptors (Lipinski definition) is 5. The van der Waals surface area contributed by atoms with Gasteiger partial charge < -0.3 is 15.0 Å². The maximum Gasteiger partial charge on any atom is 0.356 e. The lowest BCUT2D eigenvalue weighted by Gasteiger charge is -2.06. The summed E-state index contributed by atoms with van der Waals surface area (Å²) in [5.74, 6) is -0.550. The van der Waals surface area contributed by atoms with E-state index in [2.05, 4.69) is 20.3 Å². The second kappa shape index (κ2) is 6.96. The molecular weight excluding hydrogens is 320 g/mol. The molecule has 2 aromatic heterocycles. The molecule has 7 nitrogen and oxygen atoms in total. The minimum atomic E-state index is -0.559. The number of hydrogen-bond donors (Lipinski definition) is 2. The molecule has 0 aliphatic carbocycles. The third-order valence-electron chi connectivity index (χ3n) is 3.51. The summed E-state index contributed by atoms with van der Waals surface area (Å²) < 4.78 is 4.71. The number of aromatic nitrogens is 3. The van der Waals surface area contributed by atoms with Gasteiger partial charge >= 0.3 is 5.97 Å². The lowest BCUT2D eigenvalue weighted by atomic mass is 10.2. The minimum absolute atomic E-state index is 0.186. The van der Waals surface area contributed by atoms with Crippen LogP contribution in [-0.4, -0.2) is 33.9 Å². The van der Waals surface area contributed by atoms with Crippen molar-refractivity contribution in [2.75, 3.05) is 12.4 Å². The second-order valence-corrected chi connectivity index (χ2v) is 5.32. The zero-order valence-electron chi connectivity index (χ0n) is 13.7. The van der Waals surface area contributed by atoms with Gasteiger partial charge in [-0.15, -0.1) is 0 Å². The fourth-order valence-electron chi connectivity index (χ4n) is 2.35. The van der Waals surface area contributed by atoms with Gasteiger partial charge in [0.2, 0.25) is 0 Å². The summed E-state index contributed by atoms with van der Waals surface area (Å²) in [6.07, 6.45) is 1.52. The molecule has 0 saturated carbocycles. The smallest absolute Gasteiger partial charge is 0.356 e. The number of amides is 1. The number of nitrogens with one attached hydrogen (secondary N) is 2. The Kier molecular flexibility index (Phi) is 4.56. The molecule has 0 aliphatic heterocycles.